The molecule has 0 aliphatic rings. The Kier molecular flexibility index (Phi) is 5.75. The van der Waals surface area contributed by atoms with Crippen LogP contribution in [-0.4, -0.2) is 24.0 Å². The molecule has 0 bridgehead atoms. The molecule has 0 aliphatic carbocycles. The van der Waals surface area contributed by atoms with Crippen molar-refractivity contribution in [3.8, 4) is 0 Å². The van der Waals surface area contributed by atoms with Gasteiger partial charge in [-0.15, -0.1) is 11.3 Å². The van der Waals surface area contributed by atoms with Crippen molar-refractivity contribution >= 4 is 22.9 Å². The number of hydrogen-bond donors (Lipinski definition) is 2. The smallest absolute Gasteiger partial charge is 0.251 e. The van der Waals surface area contributed by atoms with Crippen molar-refractivity contribution in [1.82, 2.24) is 10.3 Å². The van der Waals surface area contributed by atoms with E-state index in [0.717, 1.165) is 41.2 Å². The maximum Gasteiger partial charge on any atom is 0.251 e. The van der Waals surface area contributed by atoms with Crippen LogP contribution in [0, 0.1) is 6.92 Å². The number of anilines is 1. The molecule has 1 heterocycles. The van der Waals surface area contributed by atoms with Crippen LogP contribution < -0.4 is 10.6 Å². The zero-order valence-corrected chi connectivity index (χ0v) is 13.3. The number of carbonyl (C=O) groups is 1. The zero-order valence-electron chi connectivity index (χ0n) is 12.5. The fourth-order valence-electron chi connectivity index (χ4n) is 2.05. The summed E-state index contributed by atoms with van der Waals surface area (Å²) in [5.74, 6) is -0.0221. The fraction of sp³-hybridized carbons (Fsp3) is 0.375. The highest BCUT2D eigenvalue weighted by atomic mass is 32.1. The van der Waals surface area contributed by atoms with Crippen molar-refractivity contribution in [1.29, 1.82) is 0 Å². The van der Waals surface area contributed by atoms with Crippen LogP contribution in [0.4, 0.5) is 5.69 Å². The Balaban J connectivity index is 1.89. The van der Waals surface area contributed by atoms with E-state index in [1.165, 1.54) is 0 Å². The summed E-state index contributed by atoms with van der Waals surface area (Å²) < 4.78 is 0. The molecule has 2 aromatic rings. The van der Waals surface area contributed by atoms with Crippen molar-refractivity contribution in [2.45, 2.75) is 26.7 Å². The first-order valence-corrected chi connectivity index (χ1v) is 8.09. The maximum absolute atomic E-state index is 12.2. The van der Waals surface area contributed by atoms with Crippen LogP contribution in [0.15, 0.2) is 29.8 Å². The second-order valence-corrected chi connectivity index (χ2v) is 5.87. The lowest BCUT2D eigenvalue weighted by atomic mass is 10.1. The van der Waals surface area contributed by atoms with E-state index in [2.05, 4.69) is 22.5 Å². The third kappa shape index (κ3) is 4.56. The van der Waals surface area contributed by atoms with Crippen molar-refractivity contribution < 1.29 is 4.79 Å². The lowest BCUT2D eigenvalue weighted by Crippen LogP contribution is -2.26. The van der Waals surface area contributed by atoms with Gasteiger partial charge in [0.25, 0.3) is 5.91 Å². The highest BCUT2D eigenvalue weighted by molar-refractivity contribution is 7.09. The molecule has 0 atom stereocenters. The van der Waals surface area contributed by atoms with Crippen LogP contribution >= 0.6 is 11.3 Å². The summed E-state index contributed by atoms with van der Waals surface area (Å²) in [6.07, 6.45) is 3.64. The van der Waals surface area contributed by atoms with Crippen LogP contribution in [0.2, 0.25) is 0 Å². The SMILES string of the molecule is CCCNc1ccc(C(=O)NCCc2nccs2)c(C)c1. The van der Waals surface area contributed by atoms with Gasteiger partial charge in [0.05, 0.1) is 5.01 Å². The Morgan fingerprint density at radius 3 is 2.86 bits per heavy atom. The molecule has 4 nitrogen and oxygen atoms in total. The fourth-order valence-corrected chi connectivity index (χ4v) is 2.67. The van der Waals surface area contributed by atoms with Gasteiger partial charge in [0.15, 0.2) is 0 Å². The van der Waals surface area contributed by atoms with Crippen LogP contribution in [0.3, 0.4) is 0 Å². The molecular weight excluding hydrogens is 282 g/mol. The van der Waals surface area contributed by atoms with Gasteiger partial charge < -0.3 is 10.6 Å². The summed E-state index contributed by atoms with van der Waals surface area (Å²) in [4.78, 5) is 16.4. The molecule has 0 unspecified atom stereocenters. The molecule has 1 aromatic carbocycles. The van der Waals surface area contributed by atoms with E-state index < -0.39 is 0 Å². The molecule has 112 valence electrons. The number of aryl methyl sites for hydroxylation is 1. The largest absolute Gasteiger partial charge is 0.385 e. The molecule has 0 fully saturated rings. The standard InChI is InChI=1S/C16H21N3OS/c1-3-7-17-13-4-5-14(12(2)11-13)16(20)19-8-6-15-18-9-10-21-15/h4-5,9-11,17H,3,6-8H2,1-2H3,(H,19,20). The van der Waals surface area contributed by atoms with E-state index >= 15 is 0 Å². The predicted octanol–water partition coefficient (Wildman–Crippen LogP) is 3.25. The third-order valence-corrected chi connectivity index (χ3v) is 4.00. The van der Waals surface area contributed by atoms with E-state index in [1.54, 1.807) is 17.5 Å². The normalized spacial score (nSPS) is 10.4. The summed E-state index contributed by atoms with van der Waals surface area (Å²) >= 11 is 1.61. The number of nitrogens with one attached hydrogen (secondary N) is 2. The number of aromatic nitrogens is 1. The number of nitrogens with zero attached hydrogens (tertiary/aromatic N) is 1. The van der Waals surface area contributed by atoms with E-state index in [1.807, 2.05) is 30.5 Å². The molecule has 1 aromatic heterocycles. The Bertz CT molecular complexity index is 581. The average Bonchev–Trinajstić information content (AvgIpc) is 2.98. The Morgan fingerprint density at radius 1 is 1.33 bits per heavy atom. The number of rotatable bonds is 7. The molecular formula is C16H21N3OS. The molecule has 0 spiro atoms. The van der Waals surface area contributed by atoms with Crippen molar-refractivity contribution in [3.63, 3.8) is 0 Å². The molecule has 5 heteroatoms. The molecule has 0 radical (unpaired) electrons. The zero-order chi connectivity index (χ0) is 15.1. The van der Waals surface area contributed by atoms with Crippen molar-refractivity contribution in [2.75, 3.05) is 18.4 Å². The van der Waals surface area contributed by atoms with Gasteiger partial charge in [-0.2, -0.15) is 0 Å². The number of carbonyl (C=O) groups excluding carboxylic acids is 1. The van der Waals surface area contributed by atoms with Crippen LogP contribution in [0.1, 0.15) is 34.3 Å². The second kappa shape index (κ2) is 7.78. The highest BCUT2D eigenvalue weighted by Gasteiger charge is 2.09. The van der Waals surface area contributed by atoms with Gasteiger partial charge in [-0.05, 0) is 37.1 Å². The van der Waals surface area contributed by atoms with Crippen LogP contribution in [0.25, 0.3) is 0 Å². The van der Waals surface area contributed by atoms with Crippen LogP contribution in [0.5, 0.6) is 0 Å². The van der Waals surface area contributed by atoms with Gasteiger partial charge in [-0.3, -0.25) is 4.79 Å². The predicted molar refractivity (Wildman–Crippen MR) is 88.1 cm³/mol. The molecule has 2 N–H and O–H groups in total. The summed E-state index contributed by atoms with van der Waals surface area (Å²) in [5, 5.41) is 9.27. The van der Waals surface area contributed by atoms with Gasteiger partial charge in [0, 0.05) is 42.3 Å². The van der Waals surface area contributed by atoms with E-state index in [0.29, 0.717) is 6.54 Å². The van der Waals surface area contributed by atoms with E-state index in [9.17, 15) is 4.79 Å². The summed E-state index contributed by atoms with van der Waals surface area (Å²) in [7, 11) is 0. The lowest BCUT2D eigenvalue weighted by Gasteiger charge is -2.10. The molecule has 21 heavy (non-hydrogen) atoms. The number of thiazole rings is 1. The molecule has 0 saturated carbocycles. The van der Waals surface area contributed by atoms with Gasteiger partial charge in [0.1, 0.15) is 0 Å². The van der Waals surface area contributed by atoms with Gasteiger partial charge in [-0.25, -0.2) is 4.98 Å². The number of hydrogen-bond acceptors (Lipinski definition) is 4. The second-order valence-electron chi connectivity index (χ2n) is 4.89. The van der Waals surface area contributed by atoms with Crippen molar-refractivity contribution in [2.24, 2.45) is 0 Å². The minimum absolute atomic E-state index is 0.0221. The summed E-state index contributed by atoms with van der Waals surface area (Å²) in [6, 6.07) is 5.86. The van der Waals surface area contributed by atoms with Crippen LogP contribution in [-0.2, 0) is 6.42 Å². The molecule has 1 amide bonds. The number of amides is 1. The quantitative estimate of drug-likeness (QED) is 0.825. The lowest BCUT2D eigenvalue weighted by molar-refractivity contribution is 0.0953. The van der Waals surface area contributed by atoms with Gasteiger partial charge in [0.2, 0.25) is 0 Å². The van der Waals surface area contributed by atoms with Gasteiger partial charge >= 0.3 is 0 Å². The average molecular weight is 303 g/mol. The molecule has 0 saturated heterocycles. The third-order valence-electron chi connectivity index (χ3n) is 3.16. The topological polar surface area (TPSA) is 54.0 Å². The summed E-state index contributed by atoms with van der Waals surface area (Å²) in [5.41, 5.74) is 2.78. The first-order chi connectivity index (χ1) is 10.2. The van der Waals surface area contributed by atoms with Crippen molar-refractivity contribution in [3.05, 3.63) is 45.9 Å². The Hall–Kier alpha value is -1.88. The summed E-state index contributed by atoms with van der Waals surface area (Å²) in [6.45, 7) is 5.65. The minimum Gasteiger partial charge on any atom is -0.385 e. The molecule has 0 aliphatic heterocycles. The first-order valence-electron chi connectivity index (χ1n) is 7.21. The van der Waals surface area contributed by atoms with Gasteiger partial charge in [-0.1, -0.05) is 6.92 Å². The molecule has 2 rings (SSSR count). The first kappa shape index (κ1) is 15.5. The Morgan fingerprint density at radius 2 is 2.19 bits per heavy atom. The number of benzene rings is 1. The maximum atomic E-state index is 12.2. The monoisotopic (exact) mass is 303 g/mol. The Labute approximate surface area is 129 Å². The minimum atomic E-state index is -0.0221. The van der Waals surface area contributed by atoms with E-state index in [4.69, 9.17) is 0 Å². The highest BCUT2D eigenvalue weighted by Crippen LogP contribution is 2.15. The van der Waals surface area contributed by atoms with E-state index in [-0.39, 0.29) is 5.91 Å².